The molecule has 0 aliphatic heterocycles. The predicted molar refractivity (Wildman–Crippen MR) is 53.3 cm³/mol. The third kappa shape index (κ3) is 2.77. The number of rotatable bonds is 3. The Morgan fingerprint density at radius 2 is 2.14 bits per heavy atom. The summed E-state index contributed by atoms with van der Waals surface area (Å²) in [5.74, 6) is -0.344. The normalized spacial score (nSPS) is 17.5. The van der Waals surface area contributed by atoms with Crippen LogP contribution in [0.1, 0.15) is 19.4 Å². The van der Waals surface area contributed by atoms with Crippen molar-refractivity contribution in [3.05, 3.63) is 35.6 Å². The van der Waals surface area contributed by atoms with Gasteiger partial charge in [0.2, 0.25) is 0 Å². The van der Waals surface area contributed by atoms with Crippen LogP contribution in [0.4, 0.5) is 8.78 Å². The molecular weight excluding hydrogens is 184 g/mol. The fourth-order valence-corrected chi connectivity index (χ4v) is 1.21. The first-order chi connectivity index (χ1) is 6.42. The van der Waals surface area contributed by atoms with Crippen LogP contribution in [-0.2, 0) is 6.42 Å². The van der Waals surface area contributed by atoms with Crippen molar-refractivity contribution < 1.29 is 8.78 Å². The van der Waals surface area contributed by atoms with E-state index in [1.807, 2.05) is 0 Å². The molecule has 0 heterocycles. The number of halogens is 2. The summed E-state index contributed by atoms with van der Waals surface area (Å²) in [7, 11) is 0. The summed E-state index contributed by atoms with van der Waals surface area (Å²) in [6, 6.07) is 5.38. The minimum Gasteiger partial charge on any atom is -0.325 e. The summed E-state index contributed by atoms with van der Waals surface area (Å²) in [4.78, 5) is 0. The minimum atomic E-state index is -1.49. The van der Waals surface area contributed by atoms with Gasteiger partial charge in [-0.15, -0.1) is 0 Å². The lowest BCUT2D eigenvalue weighted by Crippen LogP contribution is -2.41. The SMILES string of the molecule is CC(N)C(C)(F)Cc1cccc(F)c1. The molecule has 78 valence electrons. The van der Waals surface area contributed by atoms with Crippen LogP contribution in [0.3, 0.4) is 0 Å². The Balaban J connectivity index is 2.78. The summed E-state index contributed by atoms with van der Waals surface area (Å²) in [5.41, 5.74) is 4.63. The summed E-state index contributed by atoms with van der Waals surface area (Å²) >= 11 is 0. The maximum Gasteiger partial charge on any atom is 0.127 e. The molecule has 0 bridgehead atoms. The molecule has 14 heavy (non-hydrogen) atoms. The van der Waals surface area contributed by atoms with Crippen LogP contribution in [-0.4, -0.2) is 11.7 Å². The molecular formula is C11H15F2N. The predicted octanol–water partition coefficient (Wildman–Crippen LogP) is 2.44. The van der Waals surface area contributed by atoms with Crippen LogP contribution in [0, 0.1) is 5.82 Å². The highest BCUT2D eigenvalue weighted by atomic mass is 19.1. The number of nitrogens with two attached hydrogens (primary N) is 1. The first kappa shape index (κ1) is 11.1. The number of benzene rings is 1. The second kappa shape index (κ2) is 4.05. The standard InChI is InChI=1S/C11H15F2N/c1-8(14)11(2,13)7-9-4-3-5-10(12)6-9/h3-6,8H,7,14H2,1-2H3. The summed E-state index contributed by atoms with van der Waals surface area (Å²) in [5, 5.41) is 0. The molecule has 0 spiro atoms. The molecule has 0 radical (unpaired) electrons. The smallest absolute Gasteiger partial charge is 0.127 e. The van der Waals surface area contributed by atoms with Gasteiger partial charge in [0.15, 0.2) is 0 Å². The lowest BCUT2D eigenvalue weighted by molar-refractivity contribution is 0.156. The van der Waals surface area contributed by atoms with Gasteiger partial charge in [-0.05, 0) is 31.5 Å². The molecule has 0 aromatic heterocycles. The number of hydrogen-bond donors (Lipinski definition) is 1. The van der Waals surface area contributed by atoms with E-state index in [9.17, 15) is 8.78 Å². The van der Waals surface area contributed by atoms with Crippen LogP contribution in [0.15, 0.2) is 24.3 Å². The van der Waals surface area contributed by atoms with Crippen molar-refractivity contribution in [3.8, 4) is 0 Å². The van der Waals surface area contributed by atoms with Gasteiger partial charge < -0.3 is 5.73 Å². The fourth-order valence-electron chi connectivity index (χ4n) is 1.21. The van der Waals surface area contributed by atoms with E-state index in [0.717, 1.165) is 0 Å². The first-order valence-corrected chi connectivity index (χ1v) is 4.61. The van der Waals surface area contributed by atoms with Crippen molar-refractivity contribution in [3.63, 3.8) is 0 Å². The Hall–Kier alpha value is -0.960. The topological polar surface area (TPSA) is 26.0 Å². The van der Waals surface area contributed by atoms with E-state index in [-0.39, 0.29) is 12.2 Å². The highest BCUT2D eigenvalue weighted by Crippen LogP contribution is 2.20. The van der Waals surface area contributed by atoms with E-state index >= 15 is 0 Å². The van der Waals surface area contributed by atoms with Crippen molar-refractivity contribution in [2.45, 2.75) is 32.0 Å². The van der Waals surface area contributed by atoms with E-state index in [2.05, 4.69) is 0 Å². The number of alkyl halides is 1. The van der Waals surface area contributed by atoms with Crippen LogP contribution in [0.2, 0.25) is 0 Å². The Kier molecular flexibility index (Phi) is 3.21. The van der Waals surface area contributed by atoms with Crippen molar-refractivity contribution in [2.24, 2.45) is 5.73 Å². The highest BCUT2D eigenvalue weighted by Gasteiger charge is 2.28. The molecule has 1 aromatic rings. The molecule has 0 fully saturated rings. The Bertz CT molecular complexity index is 308. The number of hydrogen-bond acceptors (Lipinski definition) is 1. The third-order valence-electron chi connectivity index (χ3n) is 2.39. The van der Waals surface area contributed by atoms with E-state index in [4.69, 9.17) is 5.73 Å². The molecule has 3 heteroatoms. The lowest BCUT2D eigenvalue weighted by atomic mass is 9.92. The molecule has 2 N–H and O–H groups in total. The van der Waals surface area contributed by atoms with Gasteiger partial charge in [0.25, 0.3) is 0 Å². The fraction of sp³-hybridized carbons (Fsp3) is 0.455. The van der Waals surface area contributed by atoms with Gasteiger partial charge in [0, 0.05) is 12.5 Å². The van der Waals surface area contributed by atoms with E-state index in [0.29, 0.717) is 5.56 Å². The monoisotopic (exact) mass is 199 g/mol. The van der Waals surface area contributed by atoms with Crippen molar-refractivity contribution in [1.29, 1.82) is 0 Å². The minimum absolute atomic E-state index is 0.141. The Morgan fingerprint density at radius 1 is 1.50 bits per heavy atom. The second-order valence-electron chi connectivity index (χ2n) is 3.87. The third-order valence-corrected chi connectivity index (χ3v) is 2.39. The van der Waals surface area contributed by atoms with Crippen LogP contribution < -0.4 is 5.73 Å². The molecule has 0 aliphatic rings. The van der Waals surface area contributed by atoms with Gasteiger partial charge in [-0.25, -0.2) is 8.78 Å². The largest absolute Gasteiger partial charge is 0.325 e. The van der Waals surface area contributed by atoms with Gasteiger partial charge in [-0.2, -0.15) is 0 Å². The van der Waals surface area contributed by atoms with Crippen molar-refractivity contribution in [2.75, 3.05) is 0 Å². The molecule has 0 amide bonds. The summed E-state index contributed by atoms with van der Waals surface area (Å²) in [6.45, 7) is 3.04. The Morgan fingerprint density at radius 3 is 2.64 bits per heavy atom. The molecule has 2 atom stereocenters. The van der Waals surface area contributed by atoms with E-state index in [1.165, 1.54) is 19.1 Å². The molecule has 2 unspecified atom stereocenters. The van der Waals surface area contributed by atoms with Crippen molar-refractivity contribution in [1.82, 2.24) is 0 Å². The second-order valence-corrected chi connectivity index (χ2v) is 3.87. The zero-order chi connectivity index (χ0) is 10.8. The summed E-state index contributed by atoms with van der Waals surface area (Å²) < 4.78 is 26.6. The van der Waals surface area contributed by atoms with Gasteiger partial charge in [-0.1, -0.05) is 12.1 Å². The molecule has 0 saturated carbocycles. The quantitative estimate of drug-likeness (QED) is 0.795. The maximum atomic E-state index is 13.8. The molecule has 1 rings (SSSR count). The zero-order valence-corrected chi connectivity index (χ0v) is 8.43. The molecule has 0 saturated heterocycles. The first-order valence-electron chi connectivity index (χ1n) is 4.61. The van der Waals surface area contributed by atoms with Gasteiger partial charge in [0.1, 0.15) is 11.5 Å². The van der Waals surface area contributed by atoms with Gasteiger partial charge in [0.05, 0.1) is 0 Å². The van der Waals surface area contributed by atoms with Crippen molar-refractivity contribution >= 4 is 0 Å². The molecule has 1 nitrogen and oxygen atoms in total. The maximum absolute atomic E-state index is 13.8. The van der Waals surface area contributed by atoms with Gasteiger partial charge >= 0.3 is 0 Å². The Labute approximate surface area is 82.9 Å². The van der Waals surface area contributed by atoms with Crippen LogP contribution >= 0.6 is 0 Å². The zero-order valence-electron chi connectivity index (χ0n) is 8.43. The lowest BCUT2D eigenvalue weighted by Gasteiger charge is -2.24. The van der Waals surface area contributed by atoms with Crippen LogP contribution in [0.25, 0.3) is 0 Å². The van der Waals surface area contributed by atoms with Crippen LogP contribution in [0.5, 0.6) is 0 Å². The molecule has 1 aromatic carbocycles. The summed E-state index contributed by atoms with van der Waals surface area (Å²) in [6.07, 6.45) is 0.141. The highest BCUT2D eigenvalue weighted by molar-refractivity contribution is 5.18. The average molecular weight is 199 g/mol. The molecule has 0 aliphatic carbocycles. The average Bonchev–Trinajstić information content (AvgIpc) is 2.02. The van der Waals surface area contributed by atoms with E-state index in [1.54, 1.807) is 19.1 Å². The van der Waals surface area contributed by atoms with E-state index < -0.39 is 11.7 Å². The van der Waals surface area contributed by atoms with Gasteiger partial charge in [-0.3, -0.25) is 0 Å².